The number of aromatic nitrogens is 3. The first-order valence-electron chi connectivity index (χ1n) is 10.2. The molecule has 162 valence electrons. The third kappa shape index (κ3) is 4.23. The van der Waals surface area contributed by atoms with Crippen molar-refractivity contribution in [2.24, 2.45) is 5.73 Å². The van der Waals surface area contributed by atoms with Crippen molar-refractivity contribution in [3.8, 4) is 28.6 Å². The molecule has 0 spiro atoms. The maximum atomic E-state index is 12.0. The molecule has 1 aliphatic heterocycles. The summed E-state index contributed by atoms with van der Waals surface area (Å²) in [6, 6.07) is 10.6. The molecule has 4 N–H and O–H groups in total. The number of carbonyl (C=O) groups is 1. The van der Waals surface area contributed by atoms with E-state index in [1.807, 2.05) is 31.2 Å². The van der Waals surface area contributed by atoms with Crippen molar-refractivity contribution in [2.75, 3.05) is 26.3 Å². The Morgan fingerprint density at radius 1 is 1.10 bits per heavy atom. The summed E-state index contributed by atoms with van der Waals surface area (Å²) in [5.41, 5.74) is 8.30. The van der Waals surface area contributed by atoms with Crippen LogP contribution in [0.2, 0.25) is 0 Å². The number of morpholine rings is 1. The summed E-state index contributed by atoms with van der Waals surface area (Å²) in [6.07, 6.45) is 0.562. The molecule has 1 aromatic heterocycles. The molecule has 9 nitrogen and oxygen atoms in total. The van der Waals surface area contributed by atoms with Crippen LogP contribution in [0.1, 0.15) is 28.7 Å². The summed E-state index contributed by atoms with van der Waals surface area (Å²) in [6.45, 7) is 5.95. The fourth-order valence-electron chi connectivity index (χ4n) is 3.72. The predicted octanol–water partition coefficient (Wildman–Crippen LogP) is 1.84. The molecular weight excluding hydrogens is 398 g/mol. The number of primary amides is 1. The van der Waals surface area contributed by atoms with Gasteiger partial charge in [-0.25, -0.2) is 0 Å². The molecule has 1 saturated heterocycles. The lowest BCUT2D eigenvalue weighted by Gasteiger charge is -2.26. The van der Waals surface area contributed by atoms with Crippen LogP contribution in [-0.2, 0) is 17.7 Å². The van der Waals surface area contributed by atoms with Gasteiger partial charge in [-0.05, 0) is 35.7 Å². The number of nitrogens with zero attached hydrogens (tertiary/aromatic N) is 4. The Morgan fingerprint density at radius 2 is 1.81 bits per heavy atom. The highest BCUT2D eigenvalue weighted by molar-refractivity contribution is 5.90. The number of nitrogens with two attached hydrogens (primary N) is 1. The summed E-state index contributed by atoms with van der Waals surface area (Å²) in [5, 5.41) is 28.5. The standard InChI is InChI=1S/C22H25N5O4/c1-2-15-11-17(19(29)12-18(15)28)21-24-25-22(20(23)30)27(21)16-5-3-14(4-6-16)13-26-7-9-31-10-8-26/h3-6,11-12,28-29H,2,7-10,13H2,1H3,(H2,23,30). The van der Waals surface area contributed by atoms with Crippen LogP contribution in [0.5, 0.6) is 11.5 Å². The lowest BCUT2D eigenvalue weighted by Crippen LogP contribution is -2.35. The molecule has 3 aromatic rings. The van der Waals surface area contributed by atoms with E-state index in [9.17, 15) is 15.0 Å². The number of carbonyl (C=O) groups excluding carboxylic acids is 1. The number of benzene rings is 2. The van der Waals surface area contributed by atoms with E-state index in [4.69, 9.17) is 10.5 Å². The van der Waals surface area contributed by atoms with E-state index < -0.39 is 5.91 Å². The van der Waals surface area contributed by atoms with Gasteiger partial charge in [0.25, 0.3) is 5.91 Å². The monoisotopic (exact) mass is 423 g/mol. The van der Waals surface area contributed by atoms with E-state index in [2.05, 4.69) is 15.1 Å². The summed E-state index contributed by atoms with van der Waals surface area (Å²) in [5.74, 6) is -0.672. The largest absolute Gasteiger partial charge is 0.508 e. The Kier molecular flexibility index (Phi) is 5.88. The van der Waals surface area contributed by atoms with Crippen molar-refractivity contribution >= 4 is 5.91 Å². The lowest BCUT2D eigenvalue weighted by atomic mass is 10.1. The Labute approximate surface area is 179 Å². The van der Waals surface area contributed by atoms with Crippen molar-refractivity contribution in [3.05, 3.63) is 53.3 Å². The second kappa shape index (κ2) is 8.75. The van der Waals surface area contributed by atoms with Crippen LogP contribution in [-0.4, -0.2) is 62.1 Å². The minimum absolute atomic E-state index is 0.00240. The van der Waals surface area contributed by atoms with E-state index in [-0.39, 0.29) is 23.1 Å². The Morgan fingerprint density at radius 3 is 2.45 bits per heavy atom. The second-order valence-corrected chi connectivity index (χ2v) is 7.45. The van der Waals surface area contributed by atoms with Crippen molar-refractivity contribution < 1.29 is 19.7 Å². The van der Waals surface area contributed by atoms with Crippen LogP contribution in [0, 0.1) is 0 Å². The number of ether oxygens (including phenoxy) is 1. The molecule has 2 aromatic carbocycles. The van der Waals surface area contributed by atoms with E-state index in [0.717, 1.165) is 38.4 Å². The number of hydrogen-bond donors (Lipinski definition) is 3. The van der Waals surface area contributed by atoms with Gasteiger partial charge in [0.2, 0.25) is 5.82 Å². The SMILES string of the molecule is CCc1cc(-c2nnc(C(N)=O)n2-c2ccc(CN3CCOCC3)cc2)c(O)cc1O. The van der Waals surface area contributed by atoms with Crippen molar-refractivity contribution in [3.63, 3.8) is 0 Å². The van der Waals surface area contributed by atoms with Gasteiger partial charge in [0.15, 0.2) is 5.82 Å². The zero-order valence-electron chi connectivity index (χ0n) is 17.3. The van der Waals surface area contributed by atoms with Crippen LogP contribution in [0.4, 0.5) is 0 Å². The van der Waals surface area contributed by atoms with Gasteiger partial charge in [-0.3, -0.25) is 14.3 Å². The molecule has 4 rings (SSSR count). The number of aryl methyl sites for hydroxylation is 1. The molecule has 0 radical (unpaired) electrons. The highest BCUT2D eigenvalue weighted by Gasteiger charge is 2.22. The van der Waals surface area contributed by atoms with Crippen LogP contribution >= 0.6 is 0 Å². The average molecular weight is 423 g/mol. The molecule has 0 unspecified atom stereocenters. The van der Waals surface area contributed by atoms with Gasteiger partial charge in [0, 0.05) is 31.4 Å². The first-order chi connectivity index (χ1) is 15.0. The number of hydrogen-bond acceptors (Lipinski definition) is 7. The maximum Gasteiger partial charge on any atom is 0.287 e. The molecule has 0 saturated carbocycles. The van der Waals surface area contributed by atoms with Crippen molar-refractivity contribution in [1.82, 2.24) is 19.7 Å². The first-order valence-corrected chi connectivity index (χ1v) is 10.2. The smallest absolute Gasteiger partial charge is 0.287 e. The van der Waals surface area contributed by atoms with E-state index in [1.165, 1.54) is 10.6 Å². The fourth-order valence-corrected chi connectivity index (χ4v) is 3.72. The Balaban J connectivity index is 1.73. The lowest BCUT2D eigenvalue weighted by molar-refractivity contribution is 0.0342. The summed E-state index contributed by atoms with van der Waals surface area (Å²) in [4.78, 5) is 14.3. The van der Waals surface area contributed by atoms with E-state index in [1.54, 1.807) is 6.07 Å². The number of aromatic hydroxyl groups is 2. The van der Waals surface area contributed by atoms with Gasteiger partial charge in [-0.15, -0.1) is 10.2 Å². The summed E-state index contributed by atoms with van der Waals surface area (Å²) < 4.78 is 6.91. The molecule has 0 aliphatic carbocycles. The Hall–Kier alpha value is -3.43. The number of phenolic OH excluding ortho intramolecular Hbond substituents is 2. The second-order valence-electron chi connectivity index (χ2n) is 7.45. The molecule has 2 heterocycles. The van der Waals surface area contributed by atoms with Gasteiger partial charge in [0.1, 0.15) is 11.5 Å². The summed E-state index contributed by atoms with van der Waals surface area (Å²) in [7, 11) is 0. The summed E-state index contributed by atoms with van der Waals surface area (Å²) >= 11 is 0. The molecular formula is C22H25N5O4. The highest BCUT2D eigenvalue weighted by atomic mass is 16.5. The zero-order valence-corrected chi connectivity index (χ0v) is 17.3. The minimum atomic E-state index is -0.731. The molecule has 9 heteroatoms. The molecule has 0 bridgehead atoms. The number of amides is 1. The Bertz CT molecular complexity index is 1090. The molecule has 1 fully saturated rings. The average Bonchev–Trinajstić information content (AvgIpc) is 3.20. The first kappa shape index (κ1) is 20.8. The van der Waals surface area contributed by atoms with Gasteiger partial charge in [-0.2, -0.15) is 0 Å². The number of phenols is 2. The van der Waals surface area contributed by atoms with Gasteiger partial charge in [0.05, 0.1) is 18.8 Å². The van der Waals surface area contributed by atoms with Crippen LogP contribution < -0.4 is 5.73 Å². The van der Waals surface area contributed by atoms with Crippen molar-refractivity contribution in [2.45, 2.75) is 19.9 Å². The molecule has 0 atom stereocenters. The van der Waals surface area contributed by atoms with Gasteiger partial charge in [-0.1, -0.05) is 19.1 Å². The van der Waals surface area contributed by atoms with Crippen LogP contribution in [0.3, 0.4) is 0 Å². The van der Waals surface area contributed by atoms with Crippen LogP contribution in [0.15, 0.2) is 36.4 Å². The third-order valence-electron chi connectivity index (χ3n) is 5.41. The quantitative estimate of drug-likeness (QED) is 0.552. The number of rotatable bonds is 6. The molecule has 31 heavy (non-hydrogen) atoms. The van der Waals surface area contributed by atoms with Gasteiger partial charge < -0.3 is 20.7 Å². The minimum Gasteiger partial charge on any atom is -0.508 e. The van der Waals surface area contributed by atoms with E-state index in [0.29, 0.717) is 23.2 Å². The van der Waals surface area contributed by atoms with Crippen LogP contribution in [0.25, 0.3) is 17.1 Å². The predicted molar refractivity (Wildman–Crippen MR) is 114 cm³/mol. The maximum absolute atomic E-state index is 12.0. The normalized spacial score (nSPS) is 14.6. The molecule has 1 amide bonds. The van der Waals surface area contributed by atoms with Gasteiger partial charge >= 0.3 is 0 Å². The van der Waals surface area contributed by atoms with E-state index >= 15 is 0 Å². The van der Waals surface area contributed by atoms with Crippen molar-refractivity contribution in [1.29, 1.82) is 0 Å². The highest BCUT2D eigenvalue weighted by Crippen LogP contribution is 2.35. The fraction of sp³-hybridized carbons (Fsp3) is 0.318. The molecule has 1 aliphatic rings. The third-order valence-corrected chi connectivity index (χ3v) is 5.41. The zero-order chi connectivity index (χ0) is 22.0. The topological polar surface area (TPSA) is 127 Å².